The molecule has 0 aliphatic rings. The van der Waals surface area contributed by atoms with Gasteiger partial charge in [0.15, 0.2) is 0 Å². The van der Waals surface area contributed by atoms with Gasteiger partial charge < -0.3 is 10.0 Å². The van der Waals surface area contributed by atoms with Crippen LogP contribution in [0.5, 0.6) is 0 Å². The van der Waals surface area contributed by atoms with Gasteiger partial charge in [-0.1, -0.05) is 12.1 Å². The Hall–Kier alpha value is -0.950. The maximum Gasteiger partial charge on any atom is 0.240 e. The topological polar surface area (TPSA) is 69.6 Å². The Morgan fingerprint density at radius 3 is 2.55 bits per heavy atom. The van der Waals surface area contributed by atoms with Crippen LogP contribution in [0.1, 0.15) is 25.0 Å². The van der Waals surface area contributed by atoms with Crippen molar-refractivity contribution in [2.75, 3.05) is 20.1 Å². The third-order valence-corrected chi connectivity index (χ3v) is 5.10. The summed E-state index contributed by atoms with van der Waals surface area (Å²) >= 11 is 0. The number of hydrogen-bond acceptors (Lipinski definition) is 4. The molecule has 0 unspecified atom stereocenters. The van der Waals surface area contributed by atoms with E-state index in [1.54, 1.807) is 25.1 Å². The van der Waals surface area contributed by atoms with Crippen LogP contribution >= 0.6 is 0 Å². The molecule has 1 aromatic rings. The van der Waals surface area contributed by atoms with Gasteiger partial charge in [0, 0.05) is 19.1 Å². The van der Waals surface area contributed by atoms with E-state index in [4.69, 9.17) is 0 Å². The van der Waals surface area contributed by atoms with Crippen LogP contribution in [0.25, 0.3) is 0 Å². The van der Waals surface area contributed by atoms with Gasteiger partial charge in [-0.15, -0.1) is 0 Å². The summed E-state index contributed by atoms with van der Waals surface area (Å²) in [5, 5.41) is 9.20. The van der Waals surface area contributed by atoms with Crippen molar-refractivity contribution in [1.29, 1.82) is 0 Å². The van der Waals surface area contributed by atoms with Crippen molar-refractivity contribution in [3.63, 3.8) is 0 Å². The monoisotopic (exact) mass is 300 g/mol. The standard InChI is InChI=1S/C14H24N2O3S/c1-11(2)16(4)9-8-15-20(18,19)14-7-5-6-13(10-17)12(14)3/h5-7,11,15,17H,8-10H2,1-4H3. The van der Waals surface area contributed by atoms with Crippen LogP contribution in [0, 0.1) is 6.92 Å². The zero-order valence-electron chi connectivity index (χ0n) is 12.5. The number of benzene rings is 1. The summed E-state index contributed by atoms with van der Waals surface area (Å²) in [5.74, 6) is 0. The molecule has 5 nitrogen and oxygen atoms in total. The lowest BCUT2D eigenvalue weighted by Gasteiger charge is -2.21. The molecule has 0 atom stereocenters. The number of aliphatic hydroxyl groups excluding tert-OH is 1. The first-order chi connectivity index (χ1) is 9.29. The van der Waals surface area contributed by atoms with E-state index in [0.29, 0.717) is 30.3 Å². The summed E-state index contributed by atoms with van der Waals surface area (Å²) in [6.07, 6.45) is 0. The Morgan fingerprint density at radius 2 is 2.00 bits per heavy atom. The average Bonchev–Trinajstić information content (AvgIpc) is 2.38. The number of nitrogens with zero attached hydrogens (tertiary/aromatic N) is 1. The molecule has 0 radical (unpaired) electrons. The van der Waals surface area contributed by atoms with Crippen molar-refractivity contribution in [1.82, 2.24) is 9.62 Å². The number of hydrogen-bond donors (Lipinski definition) is 2. The van der Waals surface area contributed by atoms with Crippen molar-refractivity contribution >= 4 is 10.0 Å². The van der Waals surface area contributed by atoms with Crippen molar-refractivity contribution in [2.24, 2.45) is 0 Å². The Bertz CT molecular complexity index is 541. The fourth-order valence-corrected chi connectivity index (χ4v) is 3.12. The van der Waals surface area contributed by atoms with Gasteiger partial charge in [-0.3, -0.25) is 0 Å². The first-order valence-corrected chi connectivity index (χ1v) is 8.17. The summed E-state index contributed by atoms with van der Waals surface area (Å²) in [5.41, 5.74) is 1.23. The zero-order chi connectivity index (χ0) is 15.3. The first-order valence-electron chi connectivity index (χ1n) is 6.69. The fraction of sp³-hybridized carbons (Fsp3) is 0.571. The summed E-state index contributed by atoms with van der Waals surface area (Å²) < 4.78 is 27.1. The van der Waals surface area contributed by atoms with Crippen LogP contribution in [-0.2, 0) is 16.6 Å². The summed E-state index contributed by atoms with van der Waals surface area (Å²) in [6, 6.07) is 5.30. The molecule has 0 aliphatic carbocycles. The molecular formula is C14H24N2O3S. The molecule has 114 valence electrons. The number of aliphatic hydroxyl groups is 1. The molecule has 0 heterocycles. The van der Waals surface area contributed by atoms with E-state index in [9.17, 15) is 13.5 Å². The molecule has 0 fully saturated rings. The first kappa shape index (κ1) is 17.1. The second-order valence-corrected chi connectivity index (χ2v) is 6.91. The molecule has 0 amide bonds. The second-order valence-electron chi connectivity index (χ2n) is 5.17. The maximum atomic E-state index is 12.3. The van der Waals surface area contributed by atoms with Crippen molar-refractivity contribution in [3.05, 3.63) is 29.3 Å². The molecule has 0 aliphatic heterocycles. The van der Waals surface area contributed by atoms with Crippen molar-refractivity contribution < 1.29 is 13.5 Å². The lowest BCUT2D eigenvalue weighted by molar-refractivity contribution is 0.278. The predicted octanol–water partition coefficient (Wildman–Crippen LogP) is 1.11. The number of likely N-dealkylation sites (N-methyl/N-ethyl adjacent to an activating group) is 1. The third-order valence-electron chi connectivity index (χ3n) is 3.49. The van der Waals surface area contributed by atoms with Gasteiger partial charge in [0.05, 0.1) is 11.5 Å². The van der Waals surface area contributed by atoms with Gasteiger partial charge in [0.2, 0.25) is 10.0 Å². The highest BCUT2D eigenvalue weighted by molar-refractivity contribution is 7.89. The highest BCUT2D eigenvalue weighted by Gasteiger charge is 2.18. The van der Waals surface area contributed by atoms with Crippen LogP contribution in [0.15, 0.2) is 23.1 Å². The SMILES string of the molecule is Cc1c(CO)cccc1S(=O)(=O)NCCN(C)C(C)C. The van der Waals surface area contributed by atoms with E-state index in [1.807, 2.05) is 7.05 Å². The van der Waals surface area contributed by atoms with E-state index in [-0.39, 0.29) is 11.5 Å². The van der Waals surface area contributed by atoms with Gasteiger partial charge in [0.25, 0.3) is 0 Å². The van der Waals surface area contributed by atoms with Gasteiger partial charge in [-0.2, -0.15) is 0 Å². The number of sulfonamides is 1. The third kappa shape index (κ3) is 4.28. The fourth-order valence-electron chi connectivity index (χ4n) is 1.81. The van der Waals surface area contributed by atoms with Crippen molar-refractivity contribution in [3.8, 4) is 0 Å². The minimum atomic E-state index is -3.53. The zero-order valence-corrected chi connectivity index (χ0v) is 13.4. The molecule has 1 rings (SSSR count). The Kier molecular flexibility index (Phi) is 6.13. The second kappa shape index (κ2) is 7.17. The number of nitrogens with one attached hydrogen (secondary N) is 1. The van der Waals surface area contributed by atoms with Gasteiger partial charge in [-0.05, 0) is 45.0 Å². The van der Waals surface area contributed by atoms with Crippen LogP contribution < -0.4 is 4.72 Å². The normalized spacial score (nSPS) is 12.3. The summed E-state index contributed by atoms with van der Waals surface area (Å²) in [7, 11) is -1.58. The molecule has 2 N–H and O–H groups in total. The van der Waals surface area contributed by atoms with Crippen LogP contribution in [0.3, 0.4) is 0 Å². The van der Waals surface area contributed by atoms with Crippen molar-refractivity contribution in [2.45, 2.75) is 38.3 Å². The highest BCUT2D eigenvalue weighted by atomic mass is 32.2. The molecule has 1 aromatic carbocycles. The summed E-state index contributed by atoms with van der Waals surface area (Å²) in [6.45, 7) is 6.67. The maximum absolute atomic E-state index is 12.3. The Morgan fingerprint density at radius 1 is 1.35 bits per heavy atom. The minimum Gasteiger partial charge on any atom is -0.392 e. The molecule has 20 heavy (non-hydrogen) atoms. The quantitative estimate of drug-likeness (QED) is 0.791. The van der Waals surface area contributed by atoms with E-state index in [2.05, 4.69) is 23.5 Å². The van der Waals surface area contributed by atoms with E-state index < -0.39 is 10.0 Å². The number of rotatable bonds is 7. The lowest BCUT2D eigenvalue weighted by Crippen LogP contribution is -2.36. The lowest BCUT2D eigenvalue weighted by atomic mass is 10.1. The van der Waals surface area contributed by atoms with Gasteiger partial charge in [-0.25, -0.2) is 13.1 Å². The molecule has 0 bridgehead atoms. The largest absolute Gasteiger partial charge is 0.392 e. The molecular weight excluding hydrogens is 276 g/mol. The van der Waals surface area contributed by atoms with Crippen LogP contribution in [0.4, 0.5) is 0 Å². The van der Waals surface area contributed by atoms with Crippen LogP contribution in [-0.4, -0.2) is 44.6 Å². The molecule has 0 saturated carbocycles. The average molecular weight is 300 g/mol. The highest BCUT2D eigenvalue weighted by Crippen LogP contribution is 2.18. The summed E-state index contributed by atoms with van der Waals surface area (Å²) in [4.78, 5) is 2.30. The van der Waals surface area contributed by atoms with Crippen LogP contribution in [0.2, 0.25) is 0 Å². The predicted molar refractivity (Wildman–Crippen MR) is 80.1 cm³/mol. The minimum absolute atomic E-state index is 0.161. The Balaban J connectivity index is 2.80. The van der Waals surface area contributed by atoms with Gasteiger partial charge in [0.1, 0.15) is 0 Å². The molecule has 0 saturated heterocycles. The molecule has 0 aromatic heterocycles. The van der Waals surface area contributed by atoms with Gasteiger partial charge >= 0.3 is 0 Å². The molecule has 0 spiro atoms. The molecule has 6 heteroatoms. The Labute approximate surface area is 121 Å². The van der Waals surface area contributed by atoms with E-state index in [0.717, 1.165) is 0 Å². The smallest absolute Gasteiger partial charge is 0.240 e. The van der Waals surface area contributed by atoms with E-state index >= 15 is 0 Å². The van der Waals surface area contributed by atoms with E-state index in [1.165, 1.54) is 0 Å².